The zero-order valence-corrected chi connectivity index (χ0v) is 11.9. The molecule has 9 heteroatoms. The lowest BCUT2D eigenvalue weighted by molar-refractivity contribution is -0.123. The van der Waals surface area contributed by atoms with E-state index in [2.05, 4.69) is 20.7 Å². The van der Waals surface area contributed by atoms with Gasteiger partial charge in [0.2, 0.25) is 5.91 Å². The summed E-state index contributed by atoms with van der Waals surface area (Å²) >= 11 is 0. The molecule has 0 saturated heterocycles. The number of nitrogens with zero attached hydrogens (tertiary/aromatic N) is 5. The van der Waals surface area contributed by atoms with Crippen LogP contribution in [0.4, 0.5) is 0 Å². The van der Waals surface area contributed by atoms with Gasteiger partial charge in [-0.2, -0.15) is 5.10 Å². The maximum absolute atomic E-state index is 11.8. The topological polar surface area (TPSA) is 115 Å². The van der Waals surface area contributed by atoms with Gasteiger partial charge in [0.15, 0.2) is 5.69 Å². The van der Waals surface area contributed by atoms with Gasteiger partial charge < -0.3 is 10.4 Å². The summed E-state index contributed by atoms with van der Waals surface area (Å²) in [5, 5.41) is 23.3. The van der Waals surface area contributed by atoms with Crippen LogP contribution >= 0.6 is 0 Å². The molecule has 0 bridgehead atoms. The highest BCUT2D eigenvalue weighted by Crippen LogP contribution is 2.25. The fourth-order valence-corrected chi connectivity index (χ4v) is 1.96. The van der Waals surface area contributed by atoms with E-state index in [4.69, 9.17) is 0 Å². The lowest BCUT2D eigenvalue weighted by Gasteiger charge is -2.12. The van der Waals surface area contributed by atoms with Crippen molar-refractivity contribution < 1.29 is 14.7 Å². The van der Waals surface area contributed by atoms with Crippen molar-refractivity contribution in [2.45, 2.75) is 26.4 Å². The Balaban J connectivity index is 2.57. The van der Waals surface area contributed by atoms with E-state index < -0.39 is 12.0 Å². The van der Waals surface area contributed by atoms with Gasteiger partial charge in [-0.3, -0.25) is 9.48 Å². The Hall–Kier alpha value is -2.71. The molecule has 0 fully saturated rings. The number of carbonyl (C=O) groups is 2. The first-order valence-electron chi connectivity index (χ1n) is 6.42. The molecule has 2 aromatic heterocycles. The summed E-state index contributed by atoms with van der Waals surface area (Å²) in [7, 11) is 1.50. The minimum absolute atomic E-state index is 0.207. The van der Waals surface area contributed by atoms with Crippen LogP contribution in [0.15, 0.2) is 12.4 Å². The van der Waals surface area contributed by atoms with Crippen LogP contribution in [0.2, 0.25) is 0 Å². The van der Waals surface area contributed by atoms with Gasteiger partial charge in [-0.15, -0.1) is 5.10 Å². The second kappa shape index (κ2) is 5.73. The van der Waals surface area contributed by atoms with E-state index in [0.29, 0.717) is 12.1 Å². The van der Waals surface area contributed by atoms with E-state index in [9.17, 15) is 14.7 Å². The summed E-state index contributed by atoms with van der Waals surface area (Å²) in [5.41, 5.74) is 0.606. The molecule has 0 aliphatic heterocycles. The first-order chi connectivity index (χ1) is 9.99. The average Bonchev–Trinajstić information content (AvgIpc) is 3.10. The molecule has 0 saturated carbocycles. The Morgan fingerprint density at radius 1 is 1.48 bits per heavy atom. The molecule has 2 N–H and O–H groups in total. The highest BCUT2D eigenvalue weighted by Gasteiger charge is 2.26. The maximum Gasteiger partial charge on any atom is 0.358 e. The van der Waals surface area contributed by atoms with Crippen LogP contribution in [-0.4, -0.2) is 48.8 Å². The number of aromatic carboxylic acids is 1. The molecule has 112 valence electrons. The number of hydrogen-bond donors (Lipinski definition) is 2. The summed E-state index contributed by atoms with van der Waals surface area (Å²) in [5.74, 6) is -1.49. The Labute approximate surface area is 120 Å². The van der Waals surface area contributed by atoms with Gasteiger partial charge >= 0.3 is 5.97 Å². The van der Waals surface area contributed by atoms with Gasteiger partial charge in [0.05, 0.1) is 6.20 Å². The normalized spacial score (nSPS) is 12.1. The van der Waals surface area contributed by atoms with Gasteiger partial charge in [0.1, 0.15) is 11.7 Å². The number of carboxylic acids is 1. The number of carboxylic acid groups (broad SMARTS) is 1. The fraction of sp³-hybridized carbons (Fsp3) is 0.417. The number of hydrogen-bond acceptors (Lipinski definition) is 5. The lowest BCUT2D eigenvalue weighted by Crippen LogP contribution is -2.29. The quantitative estimate of drug-likeness (QED) is 0.811. The summed E-state index contributed by atoms with van der Waals surface area (Å²) in [6.45, 7) is 4.18. The van der Waals surface area contributed by atoms with Crippen LogP contribution in [0.5, 0.6) is 0 Å². The zero-order valence-electron chi connectivity index (χ0n) is 11.9. The van der Waals surface area contributed by atoms with Gasteiger partial charge in [-0.05, 0) is 13.8 Å². The zero-order chi connectivity index (χ0) is 15.6. The maximum atomic E-state index is 11.8. The van der Waals surface area contributed by atoms with Crippen molar-refractivity contribution in [3.05, 3.63) is 18.1 Å². The number of aryl methyl sites for hydroxylation is 1. The van der Waals surface area contributed by atoms with E-state index in [1.54, 1.807) is 17.8 Å². The van der Waals surface area contributed by atoms with Crippen molar-refractivity contribution in [1.29, 1.82) is 0 Å². The monoisotopic (exact) mass is 292 g/mol. The highest BCUT2D eigenvalue weighted by molar-refractivity contribution is 5.93. The van der Waals surface area contributed by atoms with Crippen molar-refractivity contribution in [1.82, 2.24) is 30.1 Å². The lowest BCUT2D eigenvalue weighted by atomic mass is 10.2. The molecule has 2 rings (SSSR count). The Morgan fingerprint density at radius 2 is 2.19 bits per heavy atom. The molecule has 1 atom stereocenters. The molecule has 0 aliphatic rings. The second-order valence-corrected chi connectivity index (χ2v) is 4.41. The Bertz CT molecular complexity index is 674. The number of amides is 1. The summed E-state index contributed by atoms with van der Waals surface area (Å²) < 4.78 is 2.95. The number of nitrogens with one attached hydrogen (secondary N) is 1. The van der Waals surface area contributed by atoms with Crippen LogP contribution in [0, 0.1) is 0 Å². The largest absolute Gasteiger partial charge is 0.476 e. The smallest absolute Gasteiger partial charge is 0.358 e. The molecular formula is C12H16N6O3. The van der Waals surface area contributed by atoms with Gasteiger partial charge in [-0.1, -0.05) is 5.21 Å². The third-order valence-corrected chi connectivity index (χ3v) is 3.12. The molecule has 1 amide bonds. The second-order valence-electron chi connectivity index (χ2n) is 4.41. The third-order valence-electron chi connectivity index (χ3n) is 3.12. The molecule has 9 nitrogen and oxygen atoms in total. The molecule has 2 aromatic rings. The molecule has 1 unspecified atom stereocenters. The fourth-order valence-electron chi connectivity index (χ4n) is 1.96. The minimum Gasteiger partial charge on any atom is -0.476 e. The van der Waals surface area contributed by atoms with Crippen LogP contribution < -0.4 is 5.32 Å². The molecule has 0 aliphatic carbocycles. The molecule has 21 heavy (non-hydrogen) atoms. The van der Waals surface area contributed by atoms with Crippen molar-refractivity contribution in [3.63, 3.8) is 0 Å². The van der Waals surface area contributed by atoms with Crippen LogP contribution in [0.1, 0.15) is 30.4 Å². The van der Waals surface area contributed by atoms with Crippen molar-refractivity contribution in [3.8, 4) is 11.3 Å². The molecule has 0 radical (unpaired) electrons. The third kappa shape index (κ3) is 2.62. The van der Waals surface area contributed by atoms with E-state index >= 15 is 0 Å². The highest BCUT2D eigenvalue weighted by atomic mass is 16.4. The Kier molecular flexibility index (Phi) is 4.01. The van der Waals surface area contributed by atoms with Crippen molar-refractivity contribution >= 4 is 11.9 Å². The number of carbonyl (C=O) groups excluding carboxylic acids is 1. The summed E-state index contributed by atoms with van der Waals surface area (Å²) in [4.78, 5) is 23.1. The van der Waals surface area contributed by atoms with E-state index in [0.717, 1.165) is 0 Å². The minimum atomic E-state index is -1.20. The van der Waals surface area contributed by atoms with Gasteiger partial charge in [0.25, 0.3) is 0 Å². The number of rotatable bonds is 5. The molecule has 0 spiro atoms. The molecular weight excluding hydrogens is 276 g/mol. The SMILES string of the molecule is CCn1cc(-c2c(C(=O)O)nnn2C(C)C(=O)NC)cn1. The molecule has 2 heterocycles. The van der Waals surface area contributed by atoms with Crippen LogP contribution in [0.25, 0.3) is 11.3 Å². The van der Waals surface area contributed by atoms with E-state index in [-0.39, 0.29) is 17.3 Å². The van der Waals surface area contributed by atoms with Crippen LogP contribution in [0.3, 0.4) is 0 Å². The number of aromatic nitrogens is 5. The molecule has 0 aromatic carbocycles. The predicted molar refractivity (Wildman–Crippen MR) is 72.7 cm³/mol. The van der Waals surface area contributed by atoms with Gasteiger partial charge in [0, 0.05) is 25.4 Å². The average molecular weight is 292 g/mol. The predicted octanol–water partition coefficient (Wildman–Crippen LogP) is 0.167. The van der Waals surface area contributed by atoms with Crippen LogP contribution in [-0.2, 0) is 11.3 Å². The van der Waals surface area contributed by atoms with Gasteiger partial charge in [-0.25, -0.2) is 9.48 Å². The van der Waals surface area contributed by atoms with E-state index in [1.807, 2.05) is 6.92 Å². The summed E-state index contributed by atoms with van der Waals surface area (Å²) in [6.07, 6.45) is 3.22. The standard InChI is InChI=1S/C12H16N6O3/c1-4-17-6-8(5-14-17)10-9(12(20)21)15-16-18(10)7(2)11(19)13-3/h5-7H,4H2,1-3H3,(H,13,19)(H,20,21). The summed E-state index contributed by atoms with van der Waals surface area (Å²) in [6, 6.07) is -0.685. The van der Waals surface area contributed by atoms with Crippen molar-refractivity contribution in [2.24, 2.45) is 0 Å². The first-order valence-corrected chi connectivity index (χ1v) is 6.42. The van der Waals surface area contributed by atoms with Crippen molar-refractivity contribution in [2.75, 3.05) is 7.05 Å². The Morgan fingerprint density at radius 3 is 2.71 bits per heavy atom. The van der Waals surface area contributed by atoms with E-state index in [1.165, 1.54) is 17.9 Å². The number of likely N-dealkylation sites (N-methyl/N-ethyl adjacent to an activating group) is 1. The first kappa shape index (κ1) is 14.7.